The van der Waals surface area contributed by atoms with Gasteiger partial charge in [0.1, 0.15) is 5.82 Å². The molecule has 1 unspecified atom stereocenters. The fraction of sp³-hybridized carbons (Fsp3) is 0.500. The Bertz CT molecular complexity index is 1070. The molecule has 0 spiro atoms. The third kappa shape index (κ3) is 3.96. The van der Waals surface area contributed by atoms with Gasteiger partial charge in [0.05, 0.1) is 18.2 Å². The highest BCUT2D eigenvalue weighted by molar-refractivity contribution is 5.82. The summed E-state index contributed by atoms with van der Waals surface area (Å²) in [6.45, 7) is 6.81. The maximum Gasteiger partial charge on any atom is 0.416 e. The number of β-amino-alcohol motifs (C(OH)–C–C–N with tert-alkyl or cyclic N) is 1. The average molecular weight is 420 g/mol. The quantitative estimate of drug-likeness (QED) is 0.701. The van der Waals surface area contributed by atoms with Crippen LogP contribution in [-0.2, 0) is 18.1 Å². The first-order valence-electron chi connectivity index (χ1n) is 9.74. The minimum atomic E-state index is -4.46. The van der Waals surface area contributed by atoms with E-state index in [0.717, 1.165) is 6.07 Å². The lowest BCUT2D eigenvalue weighted by atomic mass is 9.96. The van der Waals surface area contributed by atoms with Crippen molar-refractivity contribution in [2.24, 2.45) is 0 Å². The molecule has 0 amide bonds. The molecule has 0 bridgehead atoms. The molecule has 0 aliphatic carbocycles. The Kier molecular flexibility index (Phi) is 4.92. The van der Waals surface area contributed by atoms with E-state index in [1.54, 1.807) is 6.07 Å². The summed E-state index contributed by atoms with van der Waals surface area (Å²) in [6, 6.07) is 5.38. The van der Waals surface area contributed by atoms with Crippen LogP contribution in [0.2, 0.25) is 0 Å². The van der Waals surface area contributed by atoms with Gasteiger partial charge in [0.25, 0.3) is 0 Å². The number of alkyl halides is 3. The van der Waals surface area contributed by atoms with Crippen LogP contribution in [0.1, 0.15) is 44.1 Å². The van der Waals surface area contributed by atoms with Crippen LogP contribution in [0.3, 0.4) is 0 Å². The third-order valence-corrected chi connectivity index (χ3v) is 5.04. The second-order valence-electron chi connectivity index (χ2n) is 8.57. The van der Waals surface area contributed by atoms with E-state index in [2.05, 4.69) is 20.2 Å². The molecule has 0 saturated carbocycles. The lowest BCUT2D eigenvalue weighted by Gasteiger charge is -2.21. The molecule has 0 radical (unpaired) electrons. The van der Waals surface area contributed by atoms with Crippen molar-refractivity contribution in [2.75, 3.05) is 18.0 Å². The van der Waals surface area contributed by atoms with Crippen molar-refractivity contribution in [1.82, 2.24) is 25.0 Å². The van der Waals surface area contributed by atoms with Crippen molar-refractivity contribution in [1.29, 1.82) is 0 Å². The van der Waals surface area contributed by atoms with Crippen LogP contribution >= 0.6 is 0 Å². The van der Waals surface area contributed by atoms with Crippen LogP contribution in [0, 0.1) is 0 Å². The van der Waals surface area contributed by atoms with Gasteiger partial charge in [0.2, 0.25) is 5.65 Å². The lowest BCUT2D eigenvalue weighted by Crippen LogP contribution is -2.25. The molecule has 7 nitrogen and oxygen atoms in total. The van der Waals surface area contributed by atoms with E-state index in [-0.39, 0.29) is 17.5 Å². The van der Waals surface area contributed by atoms with Crippen LogP contribution in [0.25, 0.3) is 11.2 Å². The number of benzene rings is 1. The van der Waals surface area contributed by atoms with Crippen LogP contribution in [-0.4, -0.2) is 49.3 Å². The number of aromatic nitrogens is 5. The van der Waals surface area contributed by atoms with Gasteiger partial charge in [0.15, 0.2) is 11.3 Å². The van der Waals surface area contributed by atoms with Crippen LogP contribution in [0.4, 0.5) is 19.0 Å². The maximum absolute atomic E-state index is 13.3. The zero-order valence-corrected chi connectivity index (χ0v) is 17.0. The van der Waals surface area contributed by atoms with Gasteiger partial charge < -0.3 is 10.0 Å². The molecule has 4 rings (SSSR count). The maximum atomic E-state index is 13.3. The second kappa shape index (κ2) is 7.19. The van der Waals surface area contributed by atoms with Gasteiger partial charge in [-0.2, -0.15) is 18.0 Å². The molecule has 2 aromatic heterocycles. The Morgan fingerprint density at radius 3 is 2.47 bits per heavy atom. The number of aliphatic hydroxyl groups excluding tert-OH is 1. The minimum absolute atomic E-state index is 0.0763. The average Bonchev–Trinajstić information content (AvgIpc) is 3.25. The van der Waals surface area contributed by atoms with E-state index in [9.17, 15) is 18.3 Å². The number of halogens is 3. The molecular formula is C20H23F3N6O. The fourth-order valence-corrected chi connectivity index (χ4v) is 3.49. The molecule has 1 fully saturated rings. The van der Waals surface area contributed by atoms with Gasteiger partial charge in [-0.1, -0.05) is 39.0 Å². The third-order valence-electron chi connectivity index (χ3n) is 5.04. The number of anilines is 1. The topological polar surface area (TPSA) is 80.0 Å². The number of fused-ring (bicyclic) bond motifs is 1. The summed E-state index contributed by atoms with van der Waals surface area (Å²) in [5, 5.41) is 18.7. The number of aliphatic hydroxyl groups is 1. The normalized spacial score (nSPS) is 17.8. The fourth-order valence-electron chi connectivity index (χ4n) is 3.49. The standard InChI is InChI=1S/C20H23F3N6O/c1-19(2,3)18-24-16-15(17(25-18)28-9-8-13(30)11-28)26-29(27-16)10-12-6-4-5-7-14(12)20(21,22)23/h4-7,13,30H,8-11H2,1-3H3. The Hall–Kier alpha value is -2.75. The van der Waals surface area contributed by atoms with Gasteiger partial charge >= 0.3 is 6.18 Å². The van der Waals surface area contributed by atoms with Gasteiger partial charge in [0, 0.05) is 18.5 Å². The summed E-state index contributed by atoms with van der Waals surface area (Å²) >= 11 is 0. The van der Waals surface area contributed by atoms with Gasteiger partial charge in [-0.25, -0.2) is 9.97 Å². The smallest absolute Gasteiger partial charge is 0.391 e. The number of nitrogens with zero attached hydrogens (tertiary/aromatic N) is 6. The highest BCUT2D eigenvalue weighted by Gasteiger charge is 2.33. The highest BCUT2D eigenvalue weighted by atomic mass is 19.4. The molecule has 1 aromatic carbocycles. The number of hydrogen-bond donors (Lipinski definition) is 1. The molecule has 160 valence electrons. The Morgan fingerprint density at radius 1 is 1.10 bits per heavy atom. The van der Waals surface area contributed by atoms with E-state index in [1.165, 1.54) is 16.9 Å². The summed E-state index contributed by atoms with van der Waals surface area (Å²) in [6.07, 6.45) is -4.30. The summed E-state index contributed by atoms with van der Waals surface area (Å²) < 4.78 is 40.0. The number of hydrogen-bond acceptors (Lipinski definition) is 6. The lowest BCUT2D eigenvalue weighted by molar-refractivity contribution is -0.138. The Balaban J connectivity index is 1.79. The van der Waals surface area contributed by atoms with Crippen LogP contribution < -0.4 is 4.90 Å². The first-order valence-corrected chi connectivity index (χ1v) is 9.74. The van der Waals surface area contributed by atoms with Crippen LogP contribution in [0.15, 0.2) is 24.3 Å². The Labute approximate surface area is 171 Å². The predicted molar refractivity (Wildman–Crippen MR) is 105 cm³/mol. The molecule has 30 heavy (non-hydrogen) atoms. The minimum Gasteiger partial charge on any atom is -0.391 e. The summed E-state index contributed by atoms with van der Waals surface area (Å²) in [5.74, 6) is 1.12. The molecule has 1 aliphatic heterocycles. The second-order valence-corrected chi connectivity index (χ2v) is 8.57. The molecule has 1 N–H and O–H groups in total. The number of rotatable bonds is 3. The van der Waals surface area contributed by atoms with Crippen molar-refractivity contribution in [3.05, 3.63) is 41.2 Å². The predicted octanol–water partition coefficient (Wildman–Crippen LogP) is 3.16. The Morgan fingerprint density at radius 2 is 1.83 bits per heavy atom. The van der Waals surface area contributed by atoms with Gasteiger partial charge in [-0.15, -0.1) is 10.2 Å². The molecule has 10 heteroatoms. The van der Waals surface area contributed by atoms with Crippen molar-refractivity contribution >= 4 is 17.0 Å². The van der Waals surface area contributed by atoms with E-state index in [4.69, 9.17) is 0 Å². The summed E-state index contributed by atoms with van der Waals surface area (Å²) in [4.78, 5) is 12.3. The van der Waals surface area contributed by atoms with Crippen LogP contribution in [0.5, 0.6) is 0 Å². The first kappa shape index (κ1) is 20.5. The molecule has 1 saturated heterocycles. The highest BCUT2D eigenvalue weighted by Crippen LogP contribution is 2.33. The largest absolute Gasteiger partial charge is 0.416 e. The van der Waals surface area contributed by atoms with Gasteiger partial charge in [-0.05, 0) is 18.1 Å². The zero-order chi connectivity index (χ0) is 21.7. The van der Waals surface area contributed by atoms with E-state index >= 15 is 0 Å². The van der Waals surface area contributed by atoms with E-state index in [0.29, 0.717) is 42.3 Å². The van der Waals surface area contributed by atoms with Crippen molar-refractivity contribution < 1.29 is 18.3 Å². The summed E-state index contributed by atoms with van der Waals surface area (Å²) in [5.41, 5.74) is -0.242. The monoisotopic (exact) mass is 420 g/mol. The molecule has 1 atom stereocenters. The van der Waals surface area contributed by atoms with E-state index in [1.807, 2.05) is 25.7 Å². The first-order chi connectivity index (χ1) is 14.0. The summed E-state index contributed by atoms with van der Waals surface area (Å²) in [7, 11) is 0. The van der Waals surface area contributed by atoms with Crippen molar-refractivity contribution in [3.63, 3.8) is 0 Å². The molecule has 3 aromatic rings. The molecule has 3 heterocycles. The van der Waals surface area contributed by atoms with E-state index < -0.39 is 17.8 Å². The SMILES string of the molecule is CC(C)(C)c1nc(N2CCC(O)C2)c2nn(Cc3ccccc3C(F)(F)F)nc2n1. The van der Waals surface area contributed by atoms with Crippen molar-refractivity contribution in [2.45, 2.75) is 51.4 Å². The zero-order valence-electron chi connectivity index (χ0n) is 17.0. The molecule has 1 aliphatic rings. The van der Waals surface area contributed by atoms with Crippen molar-refractivity contribution in [3.8, 4) is 0 Å². The molecular weight excluding hydrogens is 397 g/mol. The van der Waals surface area contributed by atoms with Gasteiger partial charge in [-0.3, -0.25) is 0 Å².